The summed E-state index contributed by atoms with van der Waals surface area (Å²) in [4.78, 5) is 8.26. The molecule has 2 atom stereocenters. The van der Waals surface area contributed by atoms with E-state index in [1.807, 2.05) is 0 Å². The largest absolute Gasteiger partial charge is 0.614 e. The smallest absolute Gasteiger partial charge is 0.433 e. The highest BCUT2D eigenvalue weighted by Gasteiger charge is 2.33. The molecule has 0 aliphatic heterocycles. The first kappa shape index (κ1) is 21.8. The summed E-state index contributed by atoms with van der Waals surface area (Å²) in [7, 11) is 1.66. The fourth-order valence-electron chi connectivity index (χ4n) is 2.76. The van der Waals surface area contributed by atoms with Gasteiger partial charge in [-0.3, -0.25) is 0 Å². The predicted molar refractivity (Wildman–Crippen MR) is 105 cm³/mol. The van der Waals surface area contributed by atoms with Crippen LogP contribution in [0.1, 0.15) is 12.6 Å². The Hall–Kier alpha value is -1.95. The number of hydrogen-bond acceptors (Lipinski definition) is 5. The number of rotatable bonds is 6. The topological polar surface area (TPSA) is 86.1 Å². The fraction of sp³-hybridized carbons (Fsp3) is 0.333. The van der Waals surface area contributed by atoms with Gasteiger partial charge in [0.15, 0.2) is 4.90 Å². The first-order valence-electron chi connectivity index (χ1n) is 8.47. The van der Waals surface area contributed by atoms with Crippen LogP contribution in [-0.2, 0) is 35.6 Å². The van der Waals surface area contributed by atoms with Gasteiger partial charge in [0.25, 0.3) is 0 Å². The lowest BCUT2D eigenvalue weighted by Crippen LogP contribution is -2.11. The van der Waals surface area contributed by atoms with Crippen LogP contribution in [0.2, 0.25) is 0 Å². The summed E-state index contributed by atoms with van der Waals surface area (Å²) in [5.74, 6) is 1.10. The average Bonchev–Trinajstić information content (AvgIpc) is 3.00. The summed E-state index contributed by atoms with van der Waals surface area (Å²) >= 11 is -2.54. The van der Waals surface area contributed by atoms with Crippen molar-refractivity contribution in [3.8, 4) is 17.1 Å². The van der Waals surface area contributed by atoms with Gasteiger partial charge in [0.1, 0.15) is 23.0 Å². The number of imidazole rings is 1. The highest BCUT2D eigenvalue weighted by Crippen LogP contribution is 2.34. The molecule has 0 saturated carbocycles. The van der Waals surface area contributed by atoms with Crippen LogP contribution in [0, 0.1) is 0 Å². The predicted octanol–water partition coefficient (Wildman–Crippen LogP) is 3.50. The maximum Gasteiger partial charge on any atom is 0.433 e. The minimum atomic E-state index is -4.57. The minimum Gasteiger partial charge on any atom is -0.614 e. The van der Waals surface area contributed by atoms with Crippen molar-refractivity contribution in [1.29, 1.82) is 0 Å². The first-order valence-corrected chi connectivity index (χ1v) is 11.5. The minimum absolute atomic E-state index is 0.00424. The molecule has 11 heteroatoms. The molecule has 0 saturated heterocycles. The standard InChI is InChI=1S/C18H18F3N3O3S2/c1-4-29(26)15-7-11(27-10-28(3)25)5-6-12(15)17-23-13-8-16(18(19,20)21)22-9-14(13)24(17)2/h5-9H,4,10H2,1-3H3. The van der Waals surface area contributed by atoms with E-state index in [1.165, 1.54) is 6.26 Å². The van der Waals surface area contributed by atoms with Gasteiger partial charge in [-0.15, -0.1) is 0 Å². The summed E-state index contributed by atoms with van der Waals surface area (Å²) in [6.07, 6.45) is -1.94. The zero-order valence-electron chi connectivity index (χ0n) is 15.8. The third-order valence-electron chi connectivity index (χ3n) is 4.15. The molecule has 0 bridgehead atoms. The molecule has 3 rings (SSSR count). The van der Waals surface area contributed by atoms with Crippen LogP contribution >= 0.6 is 0 Å². The van der Waals surface area contributed by atoms with Crippen LogP contribution in [0.5, 0.6) is 5.75 Å². The molecule has 0 aliphatic carbocycles. The Morgan fingerprint density at radius 1 is 1.21 bits per heavy atom. The second-order valence-electron chi connectivity index (χ2n) is 6.18. The molecule has 6 nitrogen and oxygen atoms in total. The molecule has 0 spiro atoms. The number of alkyl halides is 3. The van der Waals surface area contributed by atoms with Crippen LogP contribution in [0.25, 0.3) is 22.4 Å². The quantitative estimate of drug-likeness (QED) is 0.542. The summed E-state index contributed by atoms with van der Waals surface area (Å²) < 4.78 is 69.8. The fourth-order valence-corrected chi connectivity index (χ4v) is 4.02. The Balaban J connectivity index is 2.11. The summed E-state index contributed by atoms with van der Waals surface area (Å²) in [5, 5.41) is 0. The number of nitrogens with zero attached hydrogens (tertiary/aromatic N) is 3. The molecular formula is C18H18F3N3O3S2. The van der Waals surface area contributed by atoms with Crippen LogP contribution in [0.3, 0.4) is 0 Å². The maximum absolute atomic E-state index is 13.0. The highest BCUT2D eigenvalue weighted by atomic mass is 32.2. The van der Waals surface area contributed by atoms with E-state index in [4.69, 9.17) is 4.74 Å². The molecule has 1 aromatic carbocycles. The van der Waals surface area contributed by atoms with Crippen molar-refractivity contribution < 1.29 is 27.0 Å². The number of aromatic nitrogens is 3. The summed E-state index contributed by atoms with van der Waals surface area (Å²) in [6, 6.07) is 5.75. The third-order valence-corrected chi connectivity index (χ3v) is 5.95. The lowest BCUT2D eigenvalue weighted by atomic mass is 10.2. The normalized spacial score (nSPS) is 14.2. The molecule has 0 amide bonds. The van der Waals surface area contributed by atoms with Crippen molar-refractivity contribution in [1.82, 2.24) is 14.5 Å². The van der Waals surface area contributed by atoms with Gasteiger partial charge in [-0.1, -0.05) is 0 Å². The Morgan fingerprint density at radius 2 is 1.93 bits per heavy atom. The molecule has 2 aromatic heterocycles. The summed E-state index contributed by atoms with van der Waals surface area (Å²) in [5.41, 5.74) is 0.0495. The molecule has 2 heterocycles. The van der Waals surface area contributed by atoms with Gasteiger partial charge in [-0.05, 0) is 47.5 Å². The zero-order valence-corrected chi connectivity index (χ0v) is 17.5. The van der Waals surface area contributed by atoms with E-state index in [0.717, 1.165) is 12.3 Å². The van der Waals surface area contributed by atoms with Gasteiger partial charge >= 0.3 is 6.18 Å². The molecule has 0 aliphatic rings. The van der Waals surface area contributed by atoms with E-state index in [9.17, 15) is 22.3 Å². The van der Waals surface area contributed by atoms with Crippen LogP contribution in [-0.4, -0.2) is 41.6 Å². The Bertz CT molecular complexity index is 1020. The number of hydrogen-bond donors (Lipinski definition) is 0. The lowest BCUT2D eigenvalue weighted by Gasteiger charge is -2.15. The molecule has 156 valence electrons. The SMILES string of the molecule is CC[S+]([O-])c1cc(OC[S+](C)[O-])ccc1-c1nc2cc(C(F)(F)F)ncc2n1C. The Kier molecular flexibility index (Phi) is 6.32. The number of ether oxygens (including phenoxy) is 1. The molecule has 0 N–H and O–H groups in total. The van der Waals surface area contributed by atoms with Gasteiger partial charge in [-0.25, -0.2) is 9.97 Å². The maximum atomic E-state index is 13.0. The molecule has 2 unspecified atom stereocenters. The van der Waals surface area contributed by atoms with Crippen molar-refractivity contribution in [2.45, 2.75) is 18.0 Å². The highest BCUT2D eigenvalue weighted by molar-refractivity contribution is 7.91. The third kappa shape index (κ3) is 4.63. The summed E-state index contributed by atoms with van der Waals surface area (Å²) in [6.45, 7) is 1.75. The number of halogens is 3. The number of fused-ring (bicyclic) bond motifs is 1. The van der Waals surface area contributed by atoms with E-state index < -0.39 is 34.2 Å². The van der Waals surface area contributed by atoms with Gasteiger partial charge in [0, 0.05) is 13.1 Å². The van der Waals surface area contributed by atoms with Crippen molar-refractivity contribution in [2.75, 3.05) is 17.9 Å². The lowest BCUT2D eigenvalue weighted by molar-refractivity contribution is -0.141. The molecule has 0 radical (unpaired) electrons. The van der Waals surface area contributed by atoms with Gasteiger partial charge in [-0.2, -0.15) is 13.2 Å². The van der Waals surface area contributed by atoms with Crippen molar-refractivity contribution >= 4 is 33.4 Å². The van der Waals surface area contributed by atoms with E-state index in [2.05, 4.69) is 9.97 Å². The van der Waals surface area contributed by atoms with Crippen LogP contribution in [0.4, 0.5) is 13.2 Å². The van der Waals surface area contributed by atoms with Crippen molar-refractivity contribution in [2.24, 2.45) is 7.05 Å². The number of benzene rings is 1. The van der Waals surface area contributed by atoms with Gasteiger partial charge < -0.3 is 18.4 Å². The molecule has 0 fully saturated rings. The molecule has 3 aromatic rings. The van der Waals surface area contributed by atoms with E-state index in [0.29, 0.717) is 33.3 Å². The van der Waals surface area contributed by atoms with E-state index >= 15 is 0 Å². The Morgan fingerprint density at radius 3 is 2.55 bits per heavy atom. The van der Waals surface area contributed by atoms with Crippen molar-refractivity contribution in [3.05, 3.63) is 36.2 Å². The molecule has 29 heavy (non-hydrogen) atoms. The second kappa shape index (κ2) is 8.42. The van der Waals surface area contributed by atoms with Crippen molar-refractivity contribution in [3.63, 3.8) is 0 Å². The average molecular weight is 445 g/mol. The van der Waals surface area contributed by atoms with Gasteiger partial charge in [0.05, 0.1) is 29.0 Å². The van der Waals surface area contributed by atoms with E-state index in [1.54, 1.807) is 36.7 Å². The van der Waals surface area contributed by atoms with Crippen LogP contribution < -0.4 is 4.74 Å². The molecular weight excluding hydrogens is 427 g/mol. The van der Waals surface area contributed by atoms with Crippen LogP contribution in [0.15, 0.2) is 35.4 Å². The Labute approximate surface area is 171 Å². The van der Waals surface area contributed by atoms with E-state index in [-0.39, 0.29) is 11.5 Å². The first-order chi connectivity index (χ1) is 13.6. The van der Waals surface area contributed by atoms with Gasteiger partial charge in [0.2, 0.25) is 5.94 Å². The monoisotopic (exact) mass is 445 g/mol. The number of pyridine rings is 1. The second-order valence-corrected chi connectivity index (χ2v) is 9.27. The number of aryl methyl sites for hydroxylation is 1. The zero-order chi connectivity index (χ0) is 21.3.